The minimum absolute atomic E-state index is 0.395. The van der Waals surface area contributed by atoms with Crippen molar-refractivity contribution in [2.45, 2.75) is 0 Å². The monoisotopic (exact) mass is 178 g/mol. The molecule has 0 radical (unpaired) electrons. The van der Waals surface area contributed by atoms with Gasteiger partial charge in [0.15, 0.2) is 0 Å². The first kappa shape index (κ1) is 7.60. The van der Waals surface area contributed by atoms with Crippen LogP contribution in [0.4, 0.5) is 5.82 Å². The van der Waals surface area contributed by atoms with Crippen LogP contribution in [-0.4, -0.2) is 0 Å². The number of nitrogens with two attached hydrogens (primary N) is 1. The largest absolute Gasteiger partial charge is 0.310 e. The summed E-state index contributed by atoms with van der Waals surface area (Å²) in [6.45, 7) is 0. The highest BCUT2D eigenvalue weighted by molar-refractivity contribution is 6.43. The first-order valence-corrected chi connectivity index (χ1v) is 3.33. The first-order chi connectivity index (χ1) is 4.75. The topological polar surface area (TPSA) is 52.2 Å². The summed E-state index contributed by atoms with van der Waals surface area (Å²) in [6, 6.07) is 1.64. The van der Waals surface area contributed by atoms with Gasteiger partial charge < -0.3 is 0 Å². The van der Waals surface area contributed by atoms with E-state index >= 15 is 0 Å². The minimum atomic E-state index is 0.395. The van der Waals surface area contributed by atoms with E-state index in [9.17, 15) is 0 Å². The van der Waals surface area contributed by atoms with Gasteiger partial charge in [-0.1, -0.05) is 23.2 Å². The molecule has 5 heteroatoms. The molecule has 1 rings (SSSR count). The summed E-state index contributed by atoms with van der Waals surface area (Å²) in [5.74, 6) is 5.60. The zero-order valence-electron chi connectivity index (χ0n) is 4.99. The second-order valence-electron chi connectivity index (χ2n) is 1.66. The van der Waals surface area contributed by atoms with Crippen molar-refractivity contribution in [2.24, 2.45) is 5.84 Å². The lowest BCUT2D eigenvalue weighted by Gasteiger charge is -1.94. The molecule has 0 aromatic carbocycles. The fraction of sp³-hybridized carbons (Fsp3) is 0. The van der Waals surface area contributed by atoms with Crippen LogP contribution < -0.4 is 16.3 Å². The molecule has 0 spiro atoms. The highest BCUT2D eigenvalue weighted by Crippen LogP contribution is 2.24. The molecule has 0 atom stereocenters. The zero-order valence-corrected chi connectivity index (χ0v) is 6.50. The predicted molar refractivity (Wildman–Crippen MR) is 40.8 cm³/mol. The number of aromatic nitrogens is 1. The Bertz CT molecular complexity index is 238. The summed E-state index contributed by atoms with van der Waals surface area (Å²) in [5.41, 5.74) is 2.36. The molecule has 0 aliphatic heterocycles. The molecule has 0 saturated heterocycles. The van der Waals surface area contributed by atoms with Gasteiger partial charge in [-0.25, -0.2) is 4.98 Å². The summed E-state index contributed by atoms with van der Waals surface area (Å²) in [5, 5.41) is 0.861. The number of hydrazine groups is 1. The number of hydrogen-bond donors (Lipinski definition) is 2. The smallest absolute Gasteiger partial charge is 0.245 e. The summed E-state index contributed by atoms with van der Waals surface area (Å²) >= 11 is 11.3. The molecule has 0 aliphatic rings. The van der Waals surface area contributed by atoms with Crippen molar-refractivity contribution in [1.82, 2.24) is 0 Å². The maximum atomic E-state index is 5.69. The zero-order chi connectivity index (χ0) is 7.56. The Morgan fingerprint density at radius 1 is 1.50 bits per heavy atom. The number of hydrogen-bond acceptors (Lipinski definition) is 2. The molecule has 1 aromatic heterocycles. The average Bonchev–Trinajstić information content (AvgIpc) is 1.95. The van der Waals surface area contributed by atoms with E-state index in [1.807, 2.05) is 0 Å². The van der Waals surface area contributed by atoms with Crippen LogP contribution in [0.15, 0.2) is 12.3 Å². The van der Waals surface area contributed by atoms with Crippen LogP contribution in [0.3, 0.4) is 0 Å². The van der Waals surface area contributed by atoms with E-state index in [1.54, 1.807) is 12.3 Å². The normalized spacial score (nSPS) is 9.50. The number of pyridine rings is 1. The van der Waals surface area contributed by atoms with Crippen LogP contribution in [-0.2, 0) is 0 Å². The Morgan fingerprint density at radius 2 is 2.20 bits per heavy atom. The van der Waals surface area contributed by atoms with E-state index in [2.05, 4.69) is 10.4 Å². The Balaban J connectivity index is 3.14. The third-order valence-electron chi connectivity index (χ3n) is 1.03. The van der Waals surface area contributed by atoms with Crippen LogP contribution in [0.1, 0.15) is 0 Å². The van der Waals surface area contributed by atoms with Crippen molar-refractivity contribution in [2.75, 3.05) is 5.43 Å². The third kappa shape index (κ3) is 1.31. The van der Waals surface area contributed by atoms with Gasteiger partial charge in [-0.15, -0.1) is 0 Å². The molecule has 0 saturated carbocycles. The molecular weight excluding hydrogens is 173 g/mol. The fourth-order valence-corrected chi connectivity index (χ4v) is 0.889. The van der Waals surface area contributed by atoms with Crippen molar-refractivity contribution < 1.29 is 4.98 Å². The third-order valence-corrected chi connectivity index (χ3v) is 1.84. The van der Waals surface area contributed by atoms with Crippen molar-refractivity contribution in [1.29, 1.82) is 0 Å². The number of rotatable bonds is 1. The van der Waals surface area contributed by atoms with E-state index in [1.165, 1.54) is 0 Å². The molecule has 0 bridgehead atoms. The molecule has 0 amide bonds. The molecule has 54 valence electrons. The lowest BCUT2D eigenvalue weighted by molar-refractivity contribution is -0.361. The molecule has 0 aliphatic carbocycles. The molecule has 10 heavy (non-hydrogen) atoms. The molecular formula is C5H6Cl2N3+. The summed E-state index contributed by atoms with van der Waals surface area (Å²) < 4.78 is 0. The fourth-order valence-electron chi connectivity index (χ4n) is 0.559. The second-order valence-corrected chi connectivity index (χ2v) is 2.44. The lowest BCUT2D eigenvalue weighted by Crippen LogP contribution is -2.18. The van der Waals surface area contributed by atoms with Gasteiger partial charge >= 0.3 is 5.82 Å². The molecule has 3 nitrogen and oxygen atoms in total. The highest BCUT2D eigenvalue weighted by atomic mass is 35.5. The van der Waals surface area contributed by atoms with E-state index in [0.29, 0.717) is 15.9 Å². The molecule has 1 heterocycles. The van der Waals surface area contributed by atoms with Gasteiger partial charge in [-0.3, -0.25) is 0 Å². The van der Waals surface area contributed by atoms with Gasteiger partial charge in [-0.2, -0.15) is 11.3 Å². The van der Waals surface area contributed by atoms with E-state index in [0.717, 1.165) is 0 Å². The van der Waals surface area contributed by atoms with Gasteiger partial charge in [0.25, 0.3) is 0 Å². The van der Waals surface area contributed by atoms with E-state index in [4.69, 9.17) is 29.0 Å². The summed E-state index contributed by atoms with van der Waals surface area (Å²) in [7, 11) is 0. The molecule has 0 fully saturated rings. The van der Waals surface area contributed by atoms with Crippen LogP contribution in [0.2, 0.25) is 10.0 Å². The van der Waals surface area contributed by atoms with E-state index in [-0.39, 0.29) is 0 Å². The Morgan fingerprint density at radius 3 is 2.70 bits per heavy atom. The van der Waals surface area contributed by atoms with Crippen molar-refractivity contribution in [3.05, 3.63) is 22.3 Å². The lowest BCUT2D eigenvalue weighted by atomic mass is 10.5. The van der Waals surface area contributed by atoms with Crippen LogP contribution in [0.5, 0.6) is 0 Å². The van der Waals surface area contributed by atoms with Gasteiger partial charge in [0.2, 0.25) is 0 Å². The molecule has 4 N–H and O–H groups in total. The molecule has 0 unspecified atom stereocenters. The maximum Gasteiger partial charge on any atom is 0.310 e. The number of nitrogens with one attached hydrogen (secondary N) is 2. The Labute approximate surface area is 68.1 Å². The Kier molecular flexibility index (Phi) is 2.32. The summed E-state index contributed by atoms with van der Waals surface area (Å²) in [4.78, 5) is 2.77. The van der Waals surface area contributed by atoms with E-state index < -0.39 is 0 Å². The molecule has 1 aromatic rings. The maximum absolute atomic E-state index is 5.69. The van der Waals surface area contributed by atoms with Crippen molar-refractivity contribution in [3.8, 4) is 0 Å². The van der Waals surface area contributed by atoms with Crippen LogP contribution in [0, 0.1) is 0 Å². The minimum Gasteiger partial charge on any atom is -0.245 e. The van der Waals surface area contributed by atoms with Crippen molar-refractivity contribution >= 4 is 29.0 Å². The van der Waals surface area contributed by atoms with Crippen LogP contribution in [0.25, 0.3) is 0 Å². The predicted octanol–water partition coefficient (Wildman–Crippen LogP) is 1.09. The quantitative estimate of drug-likeness (QED) is 0.500. The first-order valence-electron chi connectivity index (χ1n) is 2.58. The van der Waals surface area contributed by atoms with Gasteiger partial charge in [-0.05, 0) is 6.07 Å². The van der Waals surface area contributed by atoms with Gasteiger partial charge in [0, 0.05) is 0 Å². The number of anilines is 1. The van der Waals surface area contributed by atoms with Gasteiger partial charge in [0.05, 0.1) is 11.2 Å². The number of H-pyrrole nitrogens is 1. The SMILES string of the molecule is NNc1[nH+]ccc(Cl)c1Cl. The number of nitrogen functional groups attached to an aromatic ring is 1. The highest BCUT2D eigenvalue weighted by Gasteiger charge is 2.08. The second kappa shape index (κ2) is 3.05. The van der Waals surface area contributed by atoms with Crippen LogP contribution >= 0.6 is 23.2 Å². The van der Waals surface area contributed by atoms with Crippen molar-refractivity contribution in [3.63, 3.8) is 0 Å². The number of halogens is 2. The van der Waals surface area contributed by atoms with Gasteiger partial charge in [0.1, 0.15) is 5.02 Å². The standard InChI is InChI=1S/C5H5Cl2N3/c6-3-1-2-9-5(10-8)4(3)7/h1-2H,8H2,(H,9,10)/p+1. The average molecular weight is 179 g/mol. The summed E-state index contributed by atoms with van der Waals surface area (Å²) in [6.07, 6.45) is 1.64. The Hall–Kier alpha value is -0.510. The number of aromatic amines is 1.